The molecule has 0 atom stereocenters. The Labute approximate surface area is 128 Å². The number of hydrogen-bond donors (Lipinski definition) is 1. The third-order valence-corrected chi connectivity index (χ3v) is 3.48. The molecule has 0 aliphatic heterocycles. The van der Waals surface area contributed by atoms with Crippen molar-refractivity contribution >= 4 is 11.4 Å². The number of benzene rings is 1. The number of anilines is 2. The Morgan fingerprint density at radius 2 is 1.90 bits per heavy atom. The number of rotatable bonds is 9. The van der Waals surface area contributed by atoms with Gasteiger partial charge in [-0.05, 0) is 26.7 Å². The van der Waals surface area contributed by atoms with Crippen molar-refractivity contribution in [2.45, 2.75) is 59.4 Å². The number of nitrogen functional groups attached to an aromatic ring is 1. The van der Waals surface area contributed by atoms with Crippen LogP contribution in [-0.4, -0.2) is 19.2 Å². The smallest absolute Gasteiger partial charge is 0.167 e. The molecule has 21 heavy (non-hydrogen) atoms. The maximum Gasteiger partial charge on any atom is 0.167 e. The molecule has 0 aliphatic carbocycles. The molecule has 1 aromatic rings. The highest BCUT2D eigenvalue weighted by Crippen LogP contribution is 2.32. The molecule has 0 aromatic heterocycles. The van der Waals surface area contributed by atoms with Gasteiger partial charge in [-0.2, -0.15) is 0 Å². The van der Waals surface area contributed by atoms with Crippen LogP contribution in [0.2, 0.25) is 0 Å². The zero-order valence-electron chi connectivity index (χ0n) is 13.8. The van der Waals surface area contributed by atoms with E-state index in [1.165, 1.54) is 18.9 Å². The normalized spacial score (nSPS) is 11.0. The number of nitrogens with zero attached hydrogens (tertiary/aromatic N) is 1. The lowest BCUT2D eigenvalue weighted by Gasteiger charge is -2.30. The molecule has 1 rings (SSSR count). The molecular formula is C17H29FN2O. The zero-order chi connectivity index (χ0) is 15.8. The molecule has 0 spiro atoms. The lowest BCUT2D eigenvalue weighted by molar-refractivity contribution is 0.301. The highest BCUT2D eigenvalue weighted by atomic mass is 19.1. The fourth-order valence-electron chi connectivity index (χ4n) is 2.32. The summed E-state index contributed by atoms with van der Waals surface area (Å²) in [5.74, 6) is -0.0934. The summed E-state index contributed by atoms with van der Waals surface area (Å²) in [5, 5.41) is 0. The highest BCUT2D eigenvalue weighted by Gasteiger charge is 2.17. The van der Waals surface area contributed by atoms with Crippen molar-refractivity contribution in [3.8, 4) is 5.75 Å². The van der Waals surface area contributed by atoms with Crippen LogP contribution in [-0.2, 0) is 0 Å². The number of unbranched alkanes of at least 4 members (excludes halogenated alkanes) is 2. The van der Waals surface area contributed by atoms with Crippen LogP contribution in [0.5, 0.6) is 5.75 Å². The van der Waals surface area contributed by atoms with E-state index in [-0.39, 0.29) is 5.82 Å². The lowest BCUT2D eigenvalue weighted by atomic mass is 10.1. The Kier molecular flexibility index (Phi) is 7.34. The second-order valence-corrected chi connectivity index (χ2v) is 5.68. The second kappa shape index (κ2) is 8.75. The summed E-state index contributed by atoms with van der Waals surface area (Å²) in [6.07, 6.45) is 4.32. The van der Waals surface area contributed by atoms with Gasteiger partial charge in [0.2, 0.25) is 0 Å². The van der Waals surface area contributed by atoms with Gasteiger partial charge < -0.3 is 15.4 Å². The molecule has 1 aromatic carbocycles. The van der Waals surface area contributed by atoms with E-state index in [4.69, 9.17) is 10.5 Å². The van der Waals surface area contributed by atoms with Crippen LogP contribution < -0.4 is 15.4 Å². The predicted octanol–water partition coefficient (Wildman–Crippen LogP) is 4.60. The molecule has 0 aliphatic rings. The minimum atomic E-state index is -0.387. The van der Waals surface area contributed by atoms with E-state index >= 15 is 0 Å². The van der Waals surface area contributed by atoms with Gasteiger partial charge in [0.1, 0.15) is 0 Å². The fourth-order valence-corrected chi connectivity index (χ4v) is 2.32. The van der Waals surface area contributed by atoms with Crippen LogP contribution in [0.3, 0.4) is 0 Å². The first-order chi connectivity index (χ1) is 10.0. The topological polar surface area (TPSA) is 38.5 Å². The third kappa shape index (κ3) is 5.10. The van der Waals surface area contributed by atoms with Gasteiger partial charge in [0.15, 0.2) is 11.6 Å². The minimum Gasteiger partial charge on any atom is -0.490 e. The van der Waals surface area contributed by atoms with Crippen molar-refractivity contribution in [2.75, 3.05) is 23.8 Å². The van der Waals surface area contributed by atoms with Crippen molar-refractivity contribution in [3.63, 3.8) is 0 Å². The third-order valence-electron chi connectivity index (χ3n) is 3.48. The summed E-state index contributed by atoms with van der Waals surface area (Å²) in [5.41, 5.74) is 7.37. The van der Waals surface area contributed by atoms with Gasteiger partial charge >= 0.3 is 0 Å². The molecule has 0 amide bonds. The Morgan fingerprint density at radius 1 is 1.19 bits per heavy atom. The largest absolute Gasteiger partial charge is 0.490 e. The summed E-state index contributed by atoms with van der Waals surface area (Å²) in [4.78, 5) is 2.23. The average molecular weight is 296 g/mol. The van der Waals surface area contributed by atoms with E-state index in [1.807, 2.05) is 6.92 Å². The molecule has 0 saturated carbocycles. The SMILES string of the molecule is CCCCCN(c1cc(OCCC)c(F)cc1N)C(C)C. The van der Waals surface area contributed by atoms with Crippen LogP contribution in [0.15, 0.2) is 12.1 Å². The maximum atomic E-state index is 13.9. The summed E-state index contributed by atoms with van der Waals surface area (Å²) < 4.78 is 19.4. The van der Waals surface area contributed by atoms with Gasteiger partial charge in [-0.25, -0.2) is 4.39 Å². The first-order valence-corrected chi connectivity index (χ1v) is 7.99. The second-order valence-electron chi connectivity index (χ2n) is 5.68. The first kappa shape index (κ1) is 17.6. The van der Waals surface area contributed by atoms with Gasteiger partial charge in [0, 0.05) is 24.7 Å². The lowest BCUT2D eigenvalue weighted by Crippen LogP contribution is -2.32. The van der Waals surface area contributed by atoms with E-state index < -0.39 is 0 Å². The van der Waals surface area contributed by atoms with E-state index in [9.17, 15) is 4.39 Å². The zero-order valence-corrected chi connectivity index (χ0v) is 13.8. The maximum absolute atomic E-state index is 13.9. The number of ether oxygens (including phenoxy) is 1. The molecule has 120 valence electrons. The standard InChI is InChI=1S/C17H29FN2O/c1-5-7-8-9-20(13(3)4)16-12-17(21-10-6-2)14(18)11-15(16)19/h11-13H,5-10,19H2,1-4H3. The predicted molar refractivity (Wildman–Crippen MR) is 88.6 cm³/mol. The van der Waals surface area contributed by atoms with Gasteiger partial charge in [-0.1, -0.05) is 26.7 Å². The van der Waals surface area contributed by atoms with E-state index in [2.05, 4.69) is 25.7 Å². The highest BCUT2D eigenvalue weighted by molar-refractivity contribution is 5.70. The molecule has 3 nitrogen and oxygen atoms in total. The average Bonchev–Trinajstić information content (AvgIpc) is 2.43. The van der Waals surface area contributed by atoms with E-state index in [0.717, 1.165) is 25.1 Å². The molecule has 2 N–H and O–H groups in total. The molecule has 0 fully saturated rings. The molecule has 0 unspecified atom stereocenters. The molecular weight excluding hydrogens is 267 g/mol. The molecule has 0 bridgehead atoms. The van der Waals surface area contributed by atoms with Crippen LogP contribution in [0.25, 0.3) is 0 Å². The van der Waals surface area contributed by atoms with Gasteiger partial charge in [-0.15, -0.1) is 0 Å². The number of nitrogens with two attached hydrogens (primary N) is 1. The Morgan fingerprint density at radius 3 is 2.48 bits per heavy atom. The quantitative estimate of drug-likeness (QED) is 0.534. The van der Waals surface area contributed by atoms with Crippen molar-refractivity contribution in [1.29, 1.82) is 0 Å². The Balaban J connectivity index is 3.00. The van der Waals surface area contributed by atoms with Crippen molar-refractivity contribution in [3.05, 3.63) is 17.9 Å². The molecule has 0 heterocycles. The van der Waals surface area contributed by atoms with Gasteiger partial charge in [-0.3, -0.25) is 0 Å². The number of halogens is 1. The molecule has 4 heteroatoms. The monoisotopic (exact) mass is 296 g/mol. The van der Waals surface area contributed by atoms with Gasteiger partial charge in [0.05, 0.1) is 18.0 Å². The first-order valence-electron chi connectivity index (χ1n) is 7.99. The van der Waals surface area contributed by atoms with Crippen molar-refractivity contribution < 1.29 is 9.13 Å². The minimum absolute atomic E-state index is 0.294. The summed E-state index contributed by atoms with van der Waals surface area (Å²) in [6.45, 7) is 9.87. The van der Waals surface area contributed by atoms with Crippen molar-refractivity contribution in [2.24, 2.45) is 0 Å². The summed E-state index contributed by atoms with van der Waals surface area (Å²) >= 11 is 0. The molecule has 0 saturated heterocycles. The molecule has 0 radical (unpaired) electrons. The Bertz CT molecular complexity index is 435. The fraction of sp³-hybridized carbons (Fsp3) is 0.647. The van der Waals surface area contributed by atoms with Crippen LogP contribution in [0.1, 0.15) is 53.4 Å². The van der Waals surface area contributed by atoms with Crippen LogP contribution in [0, 0.1) is 5.82 Å². The van der Waals surface area contributed by atoms with E-state index in [1.54, 1.807) is 6.07 Å². The van der Waals surface area contributed by atoms with Gasteiger partial charge in [0.25, 0.3) is 0 Å². The number of hydrogen-bond acceptors (Lipinski definition) is 3. The van der Waals surface area contributed by atoms with Crippen LogP contribution in [0.4, 0.5) is 15.8 Å². The summed E-state index contributed by atoms with van der Waals surface area (Å²) in [7, 11) is 0. The van der Waals surface area contributed by atoms with Crippen LogP contribution >= 0.6 is 0 Å². The van der Waals surface area contributed by atoms with E-state index in [0.29, 0.717) is 24.1 Å². The summed E-state index contributed by atoms with van der Waals surface area (Å²) in [6, 6.07) is 3.43. The Hall–Kier alpha value is -1.45. The van der Waals surface area contributed by atoms with Crippen molar-refractivity contribution in [1.82, 2.24) is 0 Å².